The number of nitrogens with one attached hydrogen (secondary N) is 1. The zero-order valence-corrected chi connectivity index (χ0v) is 28.5. The van der Waals surface area contributed by atoms with Gasteiger partial charge >= 0.3 is 0 Å². The molecule has 3 N–H and O–H groups in total. The smallest absolute Gasteiger partial charge is 0.264 e. The number of allylic oxidation sites excluding steroid dienone is 1. The second-order valence-corrected chi connectivity index (χ2v) is 15.8. The average molecular weight is 669 g/mol. The highest BCUT2D eigenvalue weighted by molar-refractivity contribution is 7.90. The number of sulfonamides is 1. The Hall–Kier alpha value is -3.03. The summed E-state index contributed by atoms with van der Waals surface area (Å²) in [5.74, 6) is 5.91. The summed E-state index contributed by atoms with van der Waals surface area (Å²) in [6.45, 7) is 6.65. The first-order valence-corrected chi connectivity index (χ1v) is 18.2. The Kier molecular flexibility index (Phi) is 10.4. The summed E-state index contributed by atoms with van der Waals surface area (Å²) in [5.41, 5.74) is 1.72. The molecule has 3 aliphatic rings. The van der Waals surface area contributed by atoms with Crippen LogP contribution in [0.25, 0.3) is 0 Å². The van der Waals surface area contributed by atoms with Gasteiger partial charge in [-0.25, -0.2) is 13.1 Å². The van der Waals surface area contributed by atoms with Gasteiger partial charge < -0.3 is 19.8 Å². The minimum atomic E-state index is -3.82. The molecule has 8 nitrogen and oxygen atoms in total. The van der Waals surface area contributed by atoms with Crippen LogP contribution in [0, 0.1) is 23.7 Å². The number of aliphatic hydroxyl groups excluding tert-OH is 1. The van der Waals surface area contributed by atoms with Gasteiger partial charge in [0.1, 0.15) is 11.4 Å². The van der Waals surface area contributed by atoms with Crippen molar-refractivity contribution in [3.63, 3.8) is 0 Å². The van der Waals surface area contributed by atoms with Crippen LogP contribution in [-0.4, -0.2) is 61.7 Å². The molecule has 2 aromatic rings. The van der Waals surface area contributed by atoms with E-state index in [0.717, 1.165) is 44.2 Å². The maximum Gasteiger partial charge on any atom is 0.264 e. The molecule has 5 rings (SSSR count). The molecular weight excluding hydrogens is 624 g/mol. The zero-order valence-electron chi connectivity index (χ0n) is 26.9. The lowest BCUT2D eigenvalue weighted by Gasteiger charge is -2.47. The Morgan fingerprint density at radius 1 is 1.26 bits per heavy atom. The number of benzene rings is 2. The minimum Gasteiger partial charge on any atom is -0.490 e. The predicted octanol–water partition coefficient (Wildman–Crippen LogP) is 5.39. The minimum absolute atomic E-state index is 0.0671. The van der Waals surface area contributed by atoms with Crippen molar-refractivity contribution < 1.29 is 28.2 Å². The van der Waals surface area contributed by atoms with Crippen LogP contribution < -0.4 is 14.4 Å². The molecule has 248 valence electrons. The lowest BCUT2D eigenvalue weighted by Crippen LogP contribution is -2.52. The first-order chi connectivity index (χ1) is 21.9. The quantitative estimate of drug-likeness (QED) is 0.242. The third-order valence-electron chi connectivity index (χ3n) is 9.73. The van der Waals surface area contributed by atoms with Gasteiger partial charge in [0.25, 0.3) is 5.91 Å². The molecule has 0 unspecified atom stereocenters. The Bertz CT molecular complexity index is 1650. The first kappa shape index (κ1) is 34.3. The fraction of sp³-hybridized carbons (Fsp3) is 0.528. The third kappa shape index (κ3) is 7.11. The van der Waals surface area contributed by atoms with Gasteiger partial charge in [-0.15, -0.1) is 0 Å². The van der Waals surface area contributed by atoms with Crippen LogP contribution in [0.3, 0.4) is 0 Å². The largest absolute Gasteiger partial charge is 0.490 e. The van der Waals surface area contributed by atoms with Gasteiger partial charge in [-0.3, -0.25) is 4.79 Å². The van der Waals surface area contributed by atoms with E-state index in [9.17, 15) is 23.4 Å². The number of halogens is 1. The summed E-state index contributed by atoms with van der Waals surface area (Å²) in [5, 5.41) is 21.1. The number of carbonyl (C=O) groups is 1. The van der Waals surface area contributed by atoms with Crippen molar-refractivity contribution in [3.05, 3.63) is 70.3 Å². The summed E-state index contributed by atoms with van der Waals surface area (Å²) in [6, 6.07) is 11.2. The number of aliphatic hydroxyl groups is 2. The van der Waals surface area contributed by atoms with E-state index in [1.165, 1.54) is 25.0 Å². The highest BCUT2D eigenvalue weighted by Crippen LogP contribution is 2.48. The Morgan fingerprint density at radius 2 is 2.07 bits per heavy atom. The molecule has 4 atom stereocenters. The van der Waals surface area contributed by atoms with Crippen LogP contribution in [0.5, 0.6) is 5.75 Å². The fourth-order valence-electron chi connectivity index (χ4n) is 7.03. The van der Waals surface area contributed by atoms with E-state index in [1.807, 2.05) is 25.1 Å². The van der Waals surface area contributed by atoms with Crippen molar-refractivity contribution in [1.29, 1.82) is 0 Å². The summed E-state index contributed by atoms with van der Waals surface area (Å²) in [6.07, 6.45) is 9.33. The molecule has 0 bridgehead atoms. The number of fused-ring (bicyclic) bond motifs is 3. The first-order valence-electron chi connectivity index (χ1n) is 16.3. The third-order valence-corrected chi connectivity index (χ3v) is 11.7. The van der Waals surface area contributed by atoms with Crippen LogP contribution in [0.4, 0.5) is 5.69 Å². The number of nitrogens with zero attached hydrogens (tertiary/aromatic N) is 1. The molecular formula is C36H45ClN2O6S. The van der Waals surface area contributed by atoms with E-state index in [4.69, 9.17) is 16.3 Å². The molecule has 0 radical (unpaired) electrons. The van der Waals surface area contributed by atoms with Crippen molar-refractivity contribution in [3.8, 4) is 17.6 Å². The number of aryl methyl sites for hydroxylation is 1. The average Bonchev–Trinajstić information content (AvgIpc) is 3.15. The SMILES string of the molecule is CC/C=C/[C@@](O)(C#CCCO)[C@@H]1CC[C@H]1CN1C[C@@]2(CCCc3cc(Cl)ccc32)COc2ccc(C(=O)NS(=O)(=O)C(C)C)cc21. The Morgan fingerprint density at radius 3 is 2.76 bits per heavy atom. The number of hydrogen-bond acceptors (Lipinski definition) is 7. The van der Waals surface area contributed by atoms with Crippen LogP contribution in [0.1, 0.15) is 80.8 Å². The van der Waals surface area contributed by atoms with Gasteiger partial charge in [0.2, 0.25) is 10.0 Å². The van der Waals surface area contributed by atoms with E-state index in [-0.39, 0.29) is 29.4 Å². The maximum atomic E-state index is 13.2. The number of ether oxygens (including phenoxy) is 1. The standard InChI is InChI=1S/C36H45ClN2O6S/c1-4-5-17-36(42,18-6-7-19-40)31-13-10-28(31)22-39-23-35(16-8-9-26-20-29(37)12-14-30(26)35)24-45-33-15-11-27(21-32(33)39)34(41)38-46(43,44)25(2)3/h5,11-12,14-15,17,20-21,25,28,31,40,42H,4,7-10,13,16,19,22-24H2,1-3H3,(H,38,41)/b17-5+/t28-,31+,35-,36+/m0/s1. The molecule has 10 heteroatoms. The van der Waals surface area contributed by atoms with E-state index >= 15 is 0 Å². The summed E-state index contributed by atoms with van der Waals surface area (Å²) >= 11 is 6.41. The fourth-order valence-corrected chi connectivity index (χ4v) is 7.83. The molecule has 1 fully saturated rings. The van der Waals surface area contributed by atoms with Gasteiger partial charge in [-0.05, 0) is 106 Å². The topological polar surface area (TPSA) is 116 Å². The molecule has 0 saturated heterocycles. The van der Waals surface area contributed by atoms with Crippen molar-refractivity contribution in [2.45, 2.75) is 82.0 Å². The van der Waals surface area contributed by atoms with Crippen LogP contribution in [-0.2, 0) is 21.9 Å². The van der Waals surface area contributed by atoms with Crippen LogP contribution >= 0.6 is 11.6 Å². The second-order valence-electron chi connectivity index (χ2n) is 13.2. The molecule has 1 heterocycles. The lowest BCUT2D eigenvalue weighted by molar-refractivity contribution is -0.00321. The molecule has 0 aromatic heterocycles. The van der Waals surface area contributed by atoms with E-state index < -0.39 is 26.8 Å². The second kappa shape index (κ2) is 14.0. The molecule has 2 aromatic carbocycles. The highest BCUT2D eigenvalue weighted by Gasteiger charge is 2.47. The van der Waals surface area contributed by atoms with Gasteiger partial charge in [0.05, 0.1) is 24.2 Å². The number of hydrogen-bond donors (Lipinski definition) is 3. The van der Waals surface area contributed by atoms with Crippen molar-refractivity contribution in [2.24, 2.45) is 11.8 Å². The molecule has 2 aliphatic carbocycles. The van der Waals surface area contributed by atoms with Gasteiger partial charge in [-0.2, -0.15) is 0 Å². The van der Waals surface area contributed by atoms with Gasteiger partial charge in [-0.1, -0.05) is 42.5 Å². The van der Waals surface area contributed by atoms with E-state index in [0.29, 0.717) is 36.9 Å². The maximum absolute atomic E-state index is 13.2. The van der Waals surface area contributed by atoms with Crippen LogP contribution in [0.2, 0.25) is 5.02 Å². The Balaban J connectivity index is 1.54. The van der Waals surface area contributed by atoms with Crippen molar-refractivity contribution in [2.75, 3.05) is 31.2 Å². The van der Waals surface area contributed by atoms with E-state index in [1.54, 1.807) is 24.3 Å². The van der Waals surface area contributed by atoms with Crippen molar-refractivity contribution >= 4 is 33.2 Å². The summed E-state index contributed by atoms with van der Waals surface area (Å²) < 4.78 is 33.8. The molecule has 1 aliphatic heterocycles. The normalized spacial score (nSPS) is 23.8. The number of rotatable bonds is 9. The van der Waals surface area contributed by atoms with Gasteiger partial charge in [0.15, 0.2) is 0 Å². The summed E-state index contributed by atoms with van der Waals surface area (Å²) in [4.78, 5) is 15.5. The molecule has 1 amide bonds. The predicted molar refractivity (Wildman–Crippen MR) is 182 cm³/mol. The number of amides is 1. The zero-order chi connectivity index (χ0) is 33.1. The number of anilines is 1. The van der Waals surface area contributed by atoms with E-state index in [2.05, 4.69) is 27.5 Å². The van der Waals surface area contributed by atoms with Crippen molar-refractivity contribution in [1.82, 2.24) is 4.72 Å². The van der Waals surface area contributed by atoms with Crippen LogP contribution in [0.15, 0.2) is 48.6 Å². The summed E-state index contributed by atoms with van der Waals surface area (Å²) in [7, 11) is -3.82. The highest BCUT2D eigenvalue weighted by atomic mass is 35.5. The van der Waals surface area contributed by atoms with Gasteiger partial charge in [0, 0.05) is 41.4 Å². The number of carbonyl (C=O) groups excluding carboxylic acids is 1. The molecule has 1 saturated carbocycles. The molecule has 46 heavy (non-hydrogen) atoms. The lowest BCUT2D eigenvalue weighted by atomic mass is 9.64. The molecule has 1 spiro atoms. The Labute approximate surface area is 278 Å². The monoisotopic (exact) mass is 668 g/mol.